The summed E-state index contributed by atoms with van der Waals surface area (Å²) in [5, 5.41) is 21.2. The molecular weight excluding hydrogens is 206 g/mol. The highest BCUT2D eigenvalue weighted by molar-refractivity contribution is 5.60. The third kappa shape index (κ3) is 2.15. The van der Waals surface area contributed by atoms with Crippen LogP contribution in [-0.4, -0.2) is 22.9 Å². The number of nitrogens with two attached hydrogens (primary N) is 1. The molecule has 0 spiro atoms. The van der Waals surface area contributed by atoms with Crippen LogP contribution in [0.25, 0.3) is 0 Å². The van der Waals surface area contributed by atoms with Crippen molar-refractivity contribution < 1.29 is 5.11 Å². The van der Waals surface area contributed by atoms with E-state index in [0.29, 0.717) is 22.6 Å². The number of hydrogen-bond donors (Lipinski definition) is 3. The van der Waals surface area contributed by atoms with Crippen molar-refractivity contribution in [1.82, 2.24) is 4.57 Å². The molecule has 1 atom stereocenters. The van der Waals surface area contributed by atoms with Crippen molar-refractivity contribution in [2.24, 2.45) is 12.0 Å². The normalized spacial score (nSPS) is 13.3. The fourth-order valence-electron chi connectivity index (χ4n) is 1.36. The zero-order valence-electron chi connectivity index (χ0n) is 9.52. The lowest BCUT2D eigenvalue weighted by Crippen LogP contribution is -2.27. The van der Waals surface area contributed by atoms with Crippen LogP contribution in [0.1, 0.15) is 12.5 Å². The highest BCUT2D eigenvalue weighted by Crippen LogP contribution is 2.13. The predicted molar refractivity (Wildman–Crippen MR) is 61.3 cm³/mol. The molecule has 1 aromatic heterocycles. The number of hydrogen-bond acceptors (Lipinski definition) is 5. The van der Waals surface area contributed by atoms with Crippen molar-refractivity contribution >= 4 is 11.5 Å². The minimum atomic E-state index is -0.884. The van der Waals surface area contributed by atoms with Gasteiger partial charge in [0, 0.05) is 20.2 Å². The molecule has 1 unspecified atom stereocenters. The molecule has 0 aromatic carbocycles. The van der Waals surface area contributed by atoms with Crippen LogP contribution in [0, 0.1) is 11.3 Å². The quantitative estimate of drug-likeness (QED) is 0.641. The minimum absolute atomic E-state index is 0.361. The topological polar surface area (TPSA) is 99.4 Å². The van der Waals surface area contributed by atoms with Crippen molar-refractivity contribution in [3.8, 4) is 6.07 Å². The molecule has 0 bridgehead atoms. The van der Waals surface area contributed by atoms with Crippen LogP contribution in [0.5, 0.6) is 0 Å². The molecule has 0 radical (unpaired) electrons. The smallest absolute Gasteiger partial charge is 0.151 e. The summed E-state index contributed by atoms with van der Waals surface area (Å²) in [6, 6.07) is 3.70. The van der Waals surface area contributed by atoms with E-state index in [1.165, 1.54) is 6.92 Å². The zero-order valence-corrected chi connectivity index (χ0v) is 9.52. The molecule has 6 heteroatoms. The average Bonchev–Trinajstić information content (AvgIpc) is 2.23. The van der Waals surface area contributed by atoms with E-state index in [4.69, 9.17) is 11.0 Å². The van der Waals surface area contributed by atoms with Crippen LogP contribution < -0.4 is 16.5 Å². The van der Waals surface area contributed by atoms with Crippen molar-refractivity contribution in [2.45, 2.75) is 13.2 Å². The number of nitrogens with one attached hydrogen (secondary N) is 1. The van der Waals surface area contributed by atoms with E-state index in [0.717, 1.165) is 0 Å². The van der Waals surface area contributed by atoms with Crippen LogP contribution in [0.2, 0.25) is 0 Å². The third-order valence-electron chi connectivity index (χ3n) is 2.18. The van der Waals surface area contributed by atoms with Crippen LogP contribution in [0.4, 0.5) is 11.5 Å². The number of pyridine rings is 1. The van der Waals surface area contributed by atoms with Crippen molar-refractivity contribution in [3.05, 3.63) is 17.1 Å². The first-order chi connectivity index (χ1) is 7.51. The molecule has 1 aromatic rings. The minimum Gasteiger partial charge on any atom is -0.387 e. The second kappa shape index (κ2) is 4.68. The number of aromatic nitrogens is 1. The predicted octanol–water partition coefficient (Wildman–Crippen LogP) is -0.240. The number of aliphatic hydroxyl groups excluding tert-OH is 1. The molecule has 0 saturated carbocycles. The van der Waals surface area contributed by atoms with Gasteiger partial charge in [-0.3, -0.25) is 0 Å². The van der Waals surface area contributed by atoms with Crippen LogP contribution >= 0.6 is 0 Å². The third-order valence-corrected chi connectivity index (χ3v) is 2.18. The molecule has 1 rings (SSSR count). The Morgan fingerprint density at radius 2 is 2.31 bits per heavy atom. The van der Waals surface area contributed by atoms with Gasteiger partial charge in [-0.1, -0.05) is 0 Å². The molecule has 0 fully saturated rings. The maximum atomic E-state index is 9.25. The summed E-state index contributed by atoms with van der Waals surface area (Å²) >= 11 is 0. The van der Waals surface area contributed by atoms with E-state index in [1.54, 1.807) is 24.7 Å². The van der Waals surface area contributed by atoms with E-state index in [1.807, 2.05) is 6.07 Å². The maximum Gasteiger partial charge on any atom is 0.151 e. The Balaban J connectivity index is 3.69. The Bertz CT molecular complexity index is 495. The second-order valence-electron chi connectivity index (χ2n) is 3.36. The fraction of sp³-hybridized carbons (Fsp3) is 0.400. The molecule has 86 valence electrons. The highest BCUT2D eigenvalue weighted by atomic mass is 16.3. The Hall–Kier alpha value is -2.00. The largest absolute Gasteiger partial charge is 0.387 e. The summed E-state index contributed by atoms with van der Waals surface area (Å²) in [6.45, 7) is 1.52. The number of rotatable bonds is 2. The lowest BCUT2D eigenvalue weighted by atomic mass is 10.2. The van der Waals surface area contributed by atoms with Gasteiger partial charge in [0.25, 0.3) is 0 Å². The van der Waals surface area contributed by atoms with Gasteiger partial charge < -0.3 is 20.7 Å². The summed E-state index contributed by atoms with van der Waals surface area (Å²) in [5.74, 6) is 0.461. The number of nitrogens with zero attached hydrogens (tertiary/aromatic N) is 3. The van der Waals surface area contributed by atoms with Gasteiger partial charge in [-0.15, -0.1) is 0 Å². The van der Waals surface area contributed by atoms with Crippen molar-refractivity contribution in [1.29, 1.82) is 5.26 Å². The van der Waals surface area contributed by atoms with Gasteiger partial charge in [-0.25, -0.2) is 4.99 Å². The molecule has 0 aliphatic heterocycles. The lowest BCUT2D eigenvalue weighted by molar-refractivity contribution is 0.199. The van der Waals surface area contributed by atoms with Crippen LogP contribution in [-0.2, 0) is 7.05 Å². The summed E-state index contributed by atoms with van der Waals surface area (Å²) in [4.78, 5) is 3.98. The summed E-state index contributed by atoms with van der Waals surface area (Å²) < 4.78 is 1.56. The second-order valence-corrected chi connectivity index (χ2v) is 3.36. The van der Waals surface area contributed by atoms with Gasteiger partial charge in [-0.05, 0) is 6.92 Å². The van der Waals surface area contributed by atoms with E-state index < -0.39 is 6.23 Å². The summed E-state index contributed by atoms with van der Waals surface area (Å²) in [7, 11) is 3.39. The standard InChI is InChI=1S/C10H15N5O/c1-6(16)14-10-7(5-11)8(13-2)4-9(12)15(10)3/h4,6,13,16H,12H2,1-3H3. The number of nitrogen functional groups attached to an aromatic ring is 1. The molecule has 16 heavy (non-hydrogen) atoms. The molecule has 0 amide bonds. The molecule has 1 heterocycles. The van der Waals surface area contributed by atoms with E-state index in [9.17, 15) is 5.11 Å². The Morgan fingerprint density at radius 1 is 1.69 bits per heavy atom. The number of aliphatic hydroxyl groups is 1. The first kappa shape index (κ1) is 12.1. The van der Waals surface area contributed by atoms with Gasteiger partial charge >= 0.3 is 0 Å². The Labute approximate surface area is 93.7 Å². The zero-order chi connectivity index (χ0) is 12.3. The highest BCUT2D eigenvalue weighted by Gasteiger charge is 2.09. The van der Waals surface area contributed by atoms with Crippen molar-refractivity contribution in [2.75, 3.05) is 18.1 Å². The maximum absolute atomic E-state index is 9.25. The average molecular weight is 221 g/mol. The number of anilines is 2. The fourth-order valence-corrected chi connectivity index (χ4v) is 1.36. The van der Waals surface area contributed by atoms with Crippen molar-refractivity contribution in [3.63, 3.8) is 0 Å². The molecule has 6 nitrogen and oxygen atoms in total. The molecule has 0 saturated heterocycles. The van der Waals surface area contributed by atoms with Gasteiger partial charge in [0.15, 0.2) is 5.49 Å². The molecule has 0 aliphatic carbocycles. The van der Waals surface area contributed by atoms with E-state index in [2.05, 4.69) is 10.3 Å². The first-order valence-electron chi connectivity index (χ1n) is 4.80. The molecule has 4 N–H and O–H groups in total. The molecule has 0 aliphatic rings. The van der Waals surface area contributed by atoms with Crippen LogP contribution in [0.15, 0.2) is 11.1 Å². The van der Waals surface area contributed by atoms with Gasteiger partial charge in [0.05, 0.1) is 5.69 Å². The van der Waals surface area contributed by atoms with E-state index in [-0.39, 0.29) is 0 Å². The lowest BCUT2D eigenvalue weighted by Gasteiger charge is -2.11. The van der Waals surface area contributed by atoms with Gasteiger partial charge in [0.1, 0.15) is 23.7 Å². The monoisotopic (exact) mass is 221 g/mol. The summed E-state index contributed by atoms with van der Waals surface area (Å²) in [5.41, 5.74) is 7.09. The number of nitriles is 1. The molecular formula is C10H15N5O. The van der Waals surface area contributed by atoms with Gasteiger partial charge in [0.2, 0.25) is 0 Å². The van der Waals surface area contributed by atoms with Gasteiger partial charge in [-0.2, -0.15) is 5.26 Å². The SMILES string of the molecule is CNc1cc(N)n(C)c(=NC(C)O)c1C#N. The first-order valence-corrected chi connectivity index (χ1v) is 4.80. The Morgan fingerprint density at radius 3 is 2.75 bits per heavy atom. The van der Waals surface area contributed by atoms with E-state index >= 15 is 0 Å². The van der Waals surface area contributed by atoms with Crippen LogP contribution in [0.3, 0.4) is 0 Å². The Kier molecular flexibility index (Phi) is 3.53. The summed E-state index contributed by atoms with van der Waals surface area (Å²) in [6.07, 6.45) is -0.884.